The number of nitrogens with zero attached hydrogens (tertiary/aromatic N) is 1. The molecule has 7 rings (SSSR count). The molecule has 0 fully saturated rings. The molecule has 1 nitrogen and oxygen atoms in total. The highest BCUT2D eigenvalue weighted by Crippen LogP contribution is 2.55. The van der Waals surface area contributed by atoms with Gasteiger partial charge in [0.05, 0.1) is 11.4 Å². The van der Waals surface area contributed by atoms with Crippen LogP contribution in [0.25, 0.3) is 0 Å². The summed E-state index contributed by atoms with van der Waals surface area (Å²) in [5, 5.41) is 3.90. The first-order valence-corrected chi connectivity index (χ1v) is 16.5. The van der Waals surface area contributed by atoms with Gasteiger partial charge in [-0.2, -0.15) is 0 Å². The average molecular weight is 542 g/mol. The highest BCUT2D eigenvalue weighted by Gasteiger charge is 2.43. The fourth-order valence-electron chi connectivity index (χ4n) is 6.85. The van der Waals surface area contributed by atoms with Crippen molar-refractivity contribution in [1.29, 1.82) is 0 Å². The van der Waals surface area contributed by atoms with Crippen molar-refractivity contribution in [2.45, 2.75) is 38.5 Å². The smallest absolute Gasteiger partial charge is 0.0502 e. The first kappa shape index (κ1) is 24.6. The highest BCUT2D eigenvalue weighted by atomic mass is 32.4. The SMILES string of the molecule is CC1(C)c2ccccc2N(c2ccc3c(c2)C(C)(C)c2ccccc2P3(=S)c2ccccc2)c2ccccc21. The van der Waals surface area contributed by atoms with E-state index >= 15 is 0 Å². The van der Waals surface area contributed by atoms with Crippen LogP contribution in [-0.4, -0.2) is 0 Å². The van der Waals surface area contributed by atoms with Crippen LogP contribution in [0, 0.1) is 0 Å². The number of hydrogen-bond acceptors (Lipinski definition) is 2. The van der Waals surface area contributed by atoms with Gasteiger partial charge in [-0.3, -0.25) is 0 Å². The van der Waals surface area contributed by atoms with Gasteiger partial charge in [0.1, 0.15) is 0 Å². The van der Waals surface area contributed by atoms with Gasteiger partial charge < -0.3 is 4.90 Å². The summed E-state index contributed by atoms with van der Waals surface area (Å²) < 4.78 is 0. The molecule has 0 saturated carbocycles. The van der Waals surface area contributed by atoms with Crippen LogP contribution in [0.5, 0.6) is 0 Å². The van der Waals surface area contributed by atoms with Gasteiger partial charge in [0.15, 0.2) is 0 Å². The van der Waals surface area contributed by atoms with Crippen molar-refractivity contribution in [2.75, 3.05) is 4.90 Å². The maximum Gasteiger partial charge on any atom is 0.0502 e. The lowest BCUT2D eigenvalue weighted by Gasteiger charge is -2.44. The van der Waals surface area contributed by atoms with Gasteiger partial charge in [0, 0.05) is 22.6 Å². The van der Waals surface area contributed by atoms with Gasteiger partial charge in [-0.1, -0.05) is 137 Å². The Bertz CT molecular complexity index is 1750. The van der Waals surface area contributed by atoms with E-state index < -0.39 is 6.04 Å². The van der Waals surface area contributed by atoms with Crippen molar-refractivity contribution in [3.05, 3.63) is 144 Å². The van der Waals surface area contributed by atoms with E-state index in [1.807, 2.05) is 0 Å². The van der Waals surface area contributed by atoms with Gasteiger partial charge in [0.25, 0.3) is 0 Å². The largest absolute Gasteiger partial charge is 0.310 e. The summed E-state index contributed by atoms with van der Waals surface area (Å²) in [6.07, 6.45) is 0. The number of rotatable bonds is 2. The van der Waals surface area contributed by atoms with Crippen LogP contribution < -0.4 is 20.8 Å². The number of fused-ring (bicyclic) bond motifs is 4. The second-order valence-corrected chi connectivity index (χ2v) is 16.1. The van der Waals surface area contributed by atoms with E-state index in [-0.39, 0.29) is 10.8 Å². The first-order valence-electron chi connectivity index (χ1n) is 13.7. The number of benzene rings is 5. The van der Waals surface area contributed by atoms with Crippen LogP contribution in [-0.2, 0) is 22.6 Å². The lowest BCUT2D eigenvalue weighted by molar-refractivity contribution is 0.631. The third-order valence-corrected chi connectivity index (χ3v) is 13.9. The Balaban J connectivity index is 1.51. The molecule has 2 heterocycles. The molecule has 5 aromatic carbocycles. The fraction of sp³-hybridized carbons (Fsp3) is 0.167. The molecule has 2 aliphatic rings. The van der Waals surface area contributed by atoms with Crippen LogP contribution in [0.4, 0.5) is 17.1 Å². The van der Waals surface area contributed by atoms with Gasteiger partial charge in [-0.05, 0) is 62.4 Å². The molecule has 192 valence electrons. The first-order chi connectivity index (χ1) is 18.8. The number of hydrogen-bond donors (Lipinski definition) is 0. The van der Waals surface area contributed by atoms with Crippen LogP contribution in [0.15, 0.2) is 121 Å². The van der Waals surface area contributed by atoms with E-state index in [1.165, 1.54) is 55.2 Å². The van der Waals surface area contributed by atoms with E-state index in [2.05, 4.69) is 154 Å². The zero-order chi connectivity index (χ0) is 27.0. The molecule has 0 saturated heterocycles. The molecule has 0 spiro atoms. The molecule has 0 amide bonds. The molecule has 0 aliphatic carbocycles. The van der Waals surface area contributed by atoms with E-state index in [1.54, 1.807) is 0 Å². The van der Waals surface area contributed by atoms with E-state index in [9.17, 15) is 0 Å². The number of para-hydroxylation sites is 2. The van der Waals surface area contributed by atoms with E-state index in [4.69, 9.17) is 11.8 Å². The minimum absolute atomic E-state index is 0.0787. The van der Waals surface area contributed by atoms with Gasteiger partial charge in [-0.25, -0.2) is 0 Å². The lowest BCUT2D eigenvalue weighted by Crippen LogP contribution is -2.42. The van der Waals surface area contributed by atoms with Crippen LogP contribution in [0.1, 0.15) is 49.9 Å². The third kappa shape index (κ3) is 3.35. The maximum absolute atomic E-state index is 6.79. The zero-order valence-corrected chi connectivity index (χ0v) is 24.6. The molecule has 39 heavy (non-hydrogen) atoms. The molecular weight excluding hydrogens is 509 g/mol. The monoisotopic (exact) mass is 541 g/mol. The Kier molecular flexibility index (Phi) is 5.37. The Morgan fingerprint density at radius 1 is 0.513 bits per heavy atom. The predicted octanol–water partition coefficient (Wildman–Crippen LogP) is 8.19. The molecule has 5 aromatic rings. The van der Waals surface area contributed by atoms with Crippen LogP contribution >= 0.6 is 6.04 Å². The van der Waals surface area contributed by atoms with Crippen molar-refractivity contribution in [1.82, 2.24) is 0 Å². The molecule has 0 radical (unpaired) electrons. The summed E-state index contributed by atoms with van der Waals surface area (Å²) in [5.41, 5.74) is 8.81. The van der Waals surface area contributed by atoms with Gasteiger partial charge in [0.2, 0.25) is 0 Å². The fourth-order valence-corrected chi connectivity index (χ4v) is 11.5. The molecule has 0 aromatic heterocycles. The molecule has 0 N–H and O–H groups in total. The Labute approximate surface area is 237 Å². The molecule has 2 aliphatic heterocycles. The molecular formula is C36H32NPS. The number of anilines is 3. The zero-order valence-electron chi connectivity index (χ0n) is 22.8. The van der Waals surface area contributed by atoms with Crippen molar-refractivity contribution in [3.8, 4) is 0 Å². The van der Waals surface area contributed by atoms with Crippen molar-refractivity contribution in [3.63, 3.8) is 0 Å². The summed E-state index contributed by atoms with van der Waals surface area (Å²) in [4.78, 5) is 2.46. The van der Waals surface area contributed by atoms with E-state index in [0.717, 1.165) is 0 Å². The minimum atomic E-state index is -2.22. The molecule has 0 bridgehead atoms. The van der Waals surface area contributed by atoms with E-state index in [0.29, 0.717) is 0 Å². The lowest BCUT2D eigenvalue weighted by atomic mass is 9.73. The predicted molar refractivity (Wildman–Crippen MR) is 171 cm³/mol. The van der Waals surface area contributed by atoms with Crippen molar-refractivity contribution < 1.29 is 0 Å². The second kappa shape index (κ2) is 8.52. The van der Waals surface area contributed by atoms with Crippen molar-refractivity contribution in [2.24, 2.45) is 0 Å². The van der Waals surface area contributed by atoms with Gasteiger partial charge >= 0.3 is 0 Å². The maximum atomic E-state index is 6.79. The van der Waals surface area contributed by atoms with Crippen LogP contribution in [0.2, 0.25) is 0 Å². The summed E-state index contributed by atoms with van der Waals surface area (Å²) in [5.74, 6) is 0. The Morgan fingerprint density at radius 2 is 1.00 bits per heavy atom. The summed E-state index contributed by atoms with van der Waals surface area (Å²) in [6.45, 7) is 9.40. The molecule has 1 unspecified atom stereocenters. The Hall–Kier alpha value is -3.45. The third-order valence-electron chi connectivity index (χ3n) is 8.92. The minimum Gasteiger partial charge on any atom is -0.310 e. The normalized spacial score (nSPS) is 19.8. The van der Waals surface area contributed by atoms with Crippen molar-refractivity contribution >= 4 is 50.8 Å². The second-order valence-electron chi connectivity index (χ2n) is 11.8. The standard InChI is InChI=1S/C36H32NPS/c1-35(2)27-16-8-11-19-31(27)37(32-20-12-9-17-28(32)35)25-22-23-34-30(24-25)36(3,4)29-18-10-13-21-33(29)38(34,39)26-14-6-5-7-15-26/h5-24H,1-4H3. The summed E-state index contributed by atoms with van der Waals surface area (Å²) >= 11 is 6.79. The van der Waals surface area contributed by atoms with Crippen LogP contribution in [0.3, 0.4) is 0 Å². The molecule has 1 atom stereocenters. The quantitative estimate of drug-likeness (QED) is 0.207. The summed E-state index contributed by atoms with van der Waals surface area (Å²) in [7, 11) is 0. The highest BCUT2D eigenvalue weighted by molar-refractivity contribution is 8.25. The van der Waals surface area contributed by atoms with Gasteiger partial charge in [-0.15, -0.1) is 0 Å². The average Bonchev–Trinajstić information content (AvgIpc) is 2.97. The Morgan fingerprint density at radius 3 is 1.64 bits per heavy atom. The summed E-state index contributed by atoms with van der Waals surface area (Å²) in [6, 6.07) is 42.3. The topological polar surface area (TPSA) is 3.24 Å². The molecule has 3 heteroatoms.